The Balaban J connectivity index is 1.86. The summed E-state index contributed by atoms with van der Waals surface area (Å²) in [5.41, 5.74) is 1.86. The summed E-state index contributed by atoms with van der Waals surface area (Å²) in [5, 5.41) is 2.35. The van der Waals surface area contributed by atoms with Gasteiger partial charge in [0, 0.05) is 10.4 Å². The Morgan fingerprint density at radius 2 is 1.70 bits per heavy atom. The lowest BCUT2D eigenvalue weighted by molar-refractivity contribution is 0.680. The van der Waals surface area contributed by atoms with E-state index >= 15 is 0 Å². The highest BCUT2D eigenvalue weighted by molar-refractivity contribution is 7.84. The van der Waals surface area contributed by atoms with Gasteiger partial charge in [0.2, 0.25) is 0 Å². The van der Waals surface area contributed by atoms with Gasteiger partial charge in [0.15, 0.2) is 0 Å². The molecule has 1 heterocycles. The van der Waals surface area contributed by atoms with Gasteiger partial charge in [-0.2, -0.15) is 0 Å². The van der Waals surface area contributed by atoms with Crippen molar-refractivity contribution in [2.75, 3.05) is 0 Å². The van der Waals surface area contributed by atoms with Crippen molar-refractivity contribution in [2.45, 2.75) is 10.8 Å². The summed E-state index contributed by atoms with van der Waals surface area (Å²) in [5.74, 6) is 0.447. The Hall–Kier alpha value is -1.71. The Morgan fingerprint density at radius 1 is 0.950 bits per heavy atom. The molecule has 3 aromatic rings. The lowest BCUT2D eigenvalue weighted by atomic mass is 10.2. The average molecular weight is 302 g/mol. The zero-order chi connectivity index (χ0) is 13.9. The molecule has 2 nitrogen and oxygen atoms in total. The quantitative estimate of drug-likeness (QED) is 0.726. The van der Waals surface area contributed by atoms with Crippen molar-refractivity contribution in [3.8, 4) is 0 Å². The fourth-order valence-electron chi connectivity index (χ4n) is 1.98. The van der Waals surface area contributed by atoms with E-state index in [1.165, 1.54) is 0 Å². The molecule has 0 bridgehead atoms. The molecule has 0 saturated carbocycles. The number of rotatable bonds is 3. The zero-order valence-corrected chi connectivity index (χ0v) is 12.2. The minimum Gasteiger partial charge on any atom is -0.252 e. The highest BCUT2D eigenvalue weighted by Gasteiger charge is 2.07. The summed E-state index contributed by atoms with van der Waals surface area (Å²) in [6.45, 7) is 0. The molecule has 0 aliphatic carbocycles. The van der Waals surface area contributed by atoms with Crippen molar-refractivity contribution >= 4 is 33.3 Å². The van der Waals surface area contributed by atoms with Crippen LogP contribution in [0.5, 0.6) is 0 Å². The molecule has 0 aliphatic heterocycles. The lowest BCUT2D eigenvalue weighted by Gasteiger charge is -2.04. The third-order valence-electron chi connectivity index (χ3n) is 3.02. The molecule has 0 saturated heterocycles. The molecule has 0 spiro atoms. The van der Waals surface area contributed by atoms with Crippen molar-refractivity contribution in [1.29, 1.82) is 0 Å². The first-order chi connectivity index (χ1) is 9.72. The molecule has 100 valence electrons. The molecule has 3 rings (SSSR count). The van der Waals surface area contributed by atoms with Gasteiger partial charge in [0.05, 0.1) is 22.1 Å². The predicted octanol–water partition coefficient (Wildman–Crippen LogP) is 4.20. The van der Waals surface area contributed by atoms with Crippen LogP contribution in [0.3, 0.4) is 0 Å². The Labute approximate surface area is 124 Å². The lowest BCUT2D eigenvalue weighted by Crippen LogP contribution is -1.99. The van der Waals surface area contributed by atoms with Crippen LogP contribution < -0.4 is 0 Å². The third kappa shape index (κ3) is 2.89. The SMILES string of the molecule is O=S(Cc1ccc(Cl)cc1)c1ccc2ccccc2n1. The number of halogens is 1. The molecule has 0 aliphatic rings. The van der Waals surface area contributed by atoms with Crippen LogP contribution in [0, 0.1) is 0 Å². The average Bonchev–Trinajstić information content (AvgIpc) is 2.49. The van der Waals surface area contributed by atoms with E-state index in [2.05, 4.69) is 4.98 Å². The monoisotopic (exact) mass is 301 g/mol. The summed E-state index contributed by atoms with van der Waals surface area (Å²) < 4.78 is 12.4. The molecule has 1 atom stereocenters. The molecule has 4 heteroatoms. The standard InChI is InChI=1S/C16H12ClNOS/c17-14-8-5-12(6-9-14)11-20(19)16-10-7-13-3-1-2-4-15(13)18-16/h1-10H,11H2. The van der Waals surface area contributed by atoms with Crippen LogP contribution in [-0.2, 0) is 16.6 Å². The second-order valence-electron chi connectivity index (χ2n) is 4.46. The van der Waals surface area contributed by atoms with Gasteiger partial charge < -0.3 is 0 Å². The molecule has 20 heavy (non-hydrogen) atoms. The van der Waals surface area contributed by atoms with E-state index in [4.69, 9.17) is 11.6 Å². The van der Waals surface area contributed by atoms with Gasteiger partial charge in [-0.3, -0.25) is 4.21 Å². The highest BCUT2D eigenvalue weighted by atomic mass is 35.5. The van der Waals surface area contributed by atoms with E-state index in [0.29, 0.717) is 15.8 Å². The van der Waals surface area contributed by atoms with Crippen LogP contribution in [-0.4, -0.2) is 9.19 Å². The maximum atomic E-state index is 12.4. The summed E-state index contributed by atoms with van der Waals surface area (Å²) >= 11 is 5.84. The topological polar surface area (TPSA) is 30.0 Å². The summed E-state index contributed by atoms with van der Waals surface area (Å²) in [4.78, 5) is 4.46. The Bertz CT molecular complexity index is 771. The van der Waals surface area contributed by atoms with Crippen LogP contribution in [0.25, 0.3) is 10.9 Å². The Kier molecular flexibility index (Phi) is 3.81. The fraction of sp³-hybridized carbons (Fsp3) is 0.0625. The van der Waals surface area contributed by atoms with E-state index in [0.717, 1.165) is 16.5 Å². The van der Waals surface area contributed by atoms with Gasteiger partial charge in [-0.25, -0.2) is 4.98 Å². The predicted molar refractivity (Wildman–Crippen MR) is 83.3 cm³/mol. The maximum absolute atomic E-state index is 12.4. The minimum atomic E-state index is -1.15. The van der Waals surface area contributed by atoms with Gasteiger partial charge >= 0.3 is 0 Å². The fourth-order valence-corrected chi connectivity index (χ4v) is 3.17. The molecule has 0 radical (unpaired) electrons. The number of benzene rings is 2. The van der Waals surface area contributed by atoms with E-state index in [1.807, 2.05) is 60.7 Å². The van der Waals surface area contributed by atoms with E-state index < -0.39 is 10.8 Å². The maximum Gasteiger partial charge on any atom is 0.128 e. The van der Waals surface area contributed by atoms with Crippen molar-refractivity contribution in [3.63, 3.8) is 0 Å². The van der Waals surface area contributed by atoms with Crippen LogP contribution in [0.15, 0.2) is 65.7 Å². The van der Waals surface area contributed by atoms with Crippen LogP contribution in [0.4, 0.5) is 0 Å². The number of fused-ring (bicyclic) bond motifs is 1. The first kappa shape index (κ1) is 13.3. The molecule has 0 amide bonds. The van der Waals surface area contributed by atoms with Gasteiger partial charge in [0.25, 0.3) is 0 Å². The second-order valence-corrected chi connectivity index (χ2v) is 6.29. The molecular formula is C16H12ClNOS. The molecule has 0 N–H and O–H groups in total. The molecule has 0 fully saturated rings. The number of nitrogens with zero attached hydrogens (tertiary/aromatic N) is 1. The van der Waals surface area contributed by atoms with Crippen LogP contribution in [0.1, 0.15) is 5.56 Å². The van der Waals surface area contributed by atoms with Crippen molar-refractivity contribution in [1.82, 2.24) is 4.98 Å². The second kappa shape index (κ2) is 5.73. The highest BCUT2D eigenvalue weighted by Crippen LogP contribution is 2.17. The number of para-hydroxylation sites is 1. The summed E-state index contributed by atoms with van der Waals surface area (Å²) in [7, 11) is -1.15. The first-order valence-electron chi connectivity index (χ1n) is 6.21. The largest absolute Gasteiger partial charge is 0.252 e. The molecule has 2 aromatic carbocycles. The summed E-state index contributed by atoms with van der Waals surface area (Å²) in [6, 6.07) is 19.0. The summed E-state index contributed by atoms with van der Waals surface area (Å²) in [6.07, 6.45) is 0. The van der Waals surface area contributed by atoms with E-state index in [1.54, 1.807) is 0 Å². The number of hydrogen-bond acceptors (Lipinski definition) is 2. The van der Waals surface area contributed by atoms with Crippen LogP contribution >= 0.6 is 11.6 Å². The molecule has 1 unspecified atom stereocenters. The van der Waals surface area contributed by atoms with Gasteiger partial charge in [-0.1, -0.05) is 48.0 Å². The van der Waals surface area contributed by atoms with E-state index in [9.17, 15) is 4.21 Å². The first-order valence-corrected chi connectivity index (χ1v) is 7.91. The van der Waals surface area contributed by atoms with Gasteiger partial charge in [-0.05, 0) is 29.8 Å². The van der Waals surface area contributed by atoms with Crippen LogP contribution in [0.2, 0.25) is 5.02 Å². The van der Waals surface area contributed by atoms with Gasteiger partial charge in [-0.15, -0.1) is 0 Å². The van der Waals surface area contributed by atoms with Crippen molar-refractivity contribution < 1.29 is 4.21 Å². The molecular weight excluding hydrogens is 290 g/mol. The number of hydrogen-bond donors (Lipinski definition) is 0. The van der Waals surface area contributed by atoms with Crippen molar-refractivity contribution in [2.24, 2.45) is 0 Å². The normalized spacial score (nSPS) is 12.4. The third-order valence-corrected chi connectivity index (χ3v) is 4.56. The Morgan fingerprint density at radius 3 is 2.50 bits per heavy atom. The van der Waals surface area contributed by atoms with Crippen molar-refractivity contribution in [3.05, 3.63) is 71.2 Å². The number of aromatic nitrogens is 1. The van der Waals surface area contributed by atoms with Gasteiger partial charge in [0.1, 0.15) is 5.03 Å². The van der Waals surface area contributed by atoms with E-state index in [-0.39, 0.29) is 0 Å². The minimum absolute atomic E-state index is 0.447. The number of pyridine rings is 1. The molecule has 1 aromatic heterocycles. The smallest absolute Gasteiger partial charge is 0.128 e. The zero-order valence-electron chi connectivity index (χ0n) is 10.6.